The number of fused-ring (bicyclic) bond motifs is 1. The average Bonchev–Trinajstić information content (AvgIpc) is 2.88. The van der Waals surface area contributed by atoms with Gasteiger partial charge in [-0.1, -0.05) is 18.3 Å². The van der Waals surface area contributed by atoms with Gasteiger partial charge in [-0.3, -0.25) is 10.1 Å². The van der Waals surface area contributed by atoms with E-state index in [9.17, 15) is 9.59 Å². The number of aliphatic carboxylic acids is 1. The SMILES string of the molecule is CC(CN(C)C(=O)Nc1nc2ccsc2s1)C(=O)O. The van der Waals surface area contributed by atoms with Crippen molar-refractivity contribution in [2.75, 3.05) is 18.9 Å². The first-order valence-electron chi connectivity index (χ1n) is 5.56. The van der Waals surface area contributed by atoms with E-state index in [2.05, 4.69) is 10.3 Å². The molecule has 2 N–H and O–H groups in total. The third kappa shape index (κ3) is 3.21. The summed E-state index contributed by atoms with van der Waals surface area (Å²) < 4.78 is 1.05. The second-order valence-electron chi connectivity index (χ2n) is 4.16. The van der Waals surface area contributed by atoms with E-state index in [-0.39, 0.29) is 12.6 Å². The number of hydrogen-bond donors (Lipinski definition) is 2. The fourth-order valence-electron chi connectivity index (χ4n) is 1.48. The molecule has 0 aliphatic heterocycles. The highest BCUT2D eigenvalue weighted by Crippen LogP contribution is 2.30. The van der Waals surface area contributed by atoms with E-state index >= 15 is 0 Å². The summed E-state index contributed by atoms with van der Waals surface area (Å²) in [6.07, 6.45) is 0. The van der Waals surface area contributed by atoms with E-state index in [0.717, 1.165) is 9.53 Å². The van der Waals surface area contributed by atoms with E-state index in [0.29, 0.717) is 5.13 Å². The number of carboxylic acids is 1. The molecule has 2 rings (SSSR count). The minimum absolute atomic E-state index is 0.154. The minimum Gasteiger partial charge on any atom is -0.481 e. The van der Waals surface area contributed by atoms with Crippen molar-refractivity contribution in [1.29, 1.82) is 0 Å². The first-order valence-corrected chi connectivity index (χ1v) is 7.26. The van der Waals surface area contributed by atoms with Crippen molar-refractivity contribution in [1.82, 2.24) is 9.88 Å². The van der Waals surface area contributed by atoms with Gasteiger partial charge in [0.05, 0.1) is 11.4 Å². The maximum atomic E-state index is 11.9. The van der Waals surface area contributed by atoms with E-state index in [1.165, 1.54) is 16.2 Å². The lowest BCUT2D eigenvalue weighted by atomic mass is 10.2. The molecule has 0 aliphatic carbocycles. The maximum Gasteiger partial charge on any atom is 0.323 e. The molecule has 0 spiro atoms. The van der Waals surface area contributed by atoms with Crippen LogP contribution in [0.4, 0.5) is 9.93 Å². The van der Waals surface area contributed by atoms with Crippen LogP contribution in [0.2, 0.25) is 0 Å². The van der Waals surface area contributed by atoms with Gasteiger partial charge in [0.25, 0.3) is 0 Å². The smallest absolute Gasteiger partial charge is 0.323 e. The van der Waals surface area contributed by atoms with Crippen LogP contribution in [0, 0.1) is 5.92 Å². The zero-order chi connectivity index (χ0) is 14.0. The number of carbonyl (C=O) groups excluding carboxylic acids is 1. The van der Waals surface area contributed by atoms with Crippen molar-refractivity contribution >= 4 is 49.3 Å². The molecule has 0 fully saturated rings. The lowest BCUT2D eigenvalue weighted by Gasteiger charge is -2.19. The molecule has 2 aromatic heterocycles. The number of rotatable bonds is 4. The lowest BCUT2D eigenvalue weighted by Crippen LogP contribution is -2.36. The van der Waals surface area contributed by atoms with Crippen LogP contribution in [0.25, 0.3) is 9.53 Å². The number of amides is 2. The van der Waals surface area contributed by atoms with Crippen molar-refractivity contribution in [3.05, 3.63) is 11.4 Å². The Labute approximate surface area is 117 Å². The van der Waals surface area contributed by atoms with Gasteiger partial charge in [-0.25, -0.2) is 9.78 Å². The van der Waals surface area contributed by atoms with Crippen LogP contribution in [-0.4, -0.2) is 40.6 Å². The van der Waals surface area contributed by atoms with E-state index in [1.807, 2.05) is 11.4 Å². The first kappa shape index (κ1) is 13.8. The number of thiazole rings is 1. The zero-order valence-corrected chi connectivity index (χ0v) is 12.0. The first-order chi connectivity index (χ1) is 8.97. The highest BCUT2D eigenvalue weighted by atomic mass is 32.2. The number of hydrogen-bond acceptors (Lipinski definition) is 5. The average molecular weight is 299 g/mol. The highest BCUT2D eigenvalue weighted by Gasteiger charge is 2.18. The highest BCUT2D eigenvalue weighted by molar-refractivity contribution is 7.39. The molecule has 0 radical (unpaired) electrons. The molecular weight excluding hydrogens is 286 g/mol. The van der Waals surface area contributed by atoms with Crippen LogP contribution in [0.15, 0.2) is 11.4 Å². The molecule has 0 saturated carbocycles. The molecule has 1 unspecified atom stereocenters. The van der Waals surface area contributed by atoms with Crippen LogP contribution in [0.3, 0.4) is 0 Å². The number of carboxylic acid groups (broad SMARTS) is 1. The fourth-order valence-corrected chi connectivity index (χ4v) is 3.31. The Morgan fingerprint density at radius 3 is 2.95 bits per heavy atom. The Kier molecular flexibility index (Phi) is 4.01. The molecule has 6 nitrogen and oxygen atoms in total. The number of nitrogens with one attached hydrogen (secondary N) is 1. The molecule has 1 atom stereocenters. The second-order valence-corrected chi connectivity index (χ2v) is 6.34. The van der Waals surface area contributed by atoms with Gasteiger partial charge >= 0.3 is 12.0 Å². The predicted octanol–water partition coefficient (Wildman–Crippen LogP) is 2.54. The molecule has 0 saturated heterocycles. The predicted molar refractivity (Wildman–Crippen MR) is 75.9 cm³/mol. The molecule has 19 heavy (non-hydrogen) atoms. The summed E-state index contributed by atoms with van der Waals surface area (Å²) in [7, 11) is 1.56. The Balaban J connectivity index is 1.96. The third-order valence-electron chi connectivity index (χ3n) is 2.55. The number of carbonyl (C=O) groups is 2. The third-order valence-corrected chi connectivity index (χ3v) is 4.57. The van der Waals surface area contributed by atoms with Crippen molar-refractivity contribution in [2.24, 2.45) is 5.92 Å². The molecule has 2 heterocycles. The summed E-state index contributed by atoms with van der Waals surface area (Å²) in [4.78, 5) is 28.2. The Morgan fingerprint density at radius 1 is 1.58 bits per heavy atom. The summed E-state index contributed by atoms with van der Waals surface area (Å²) in [5.74, 6) is -1.52. The van der Waals surface area contributed by atoms with Gasteiger partial charge in [0.2, 0.25) is 0 Å². The number of urea groups is 1. The van der Waals surface area contributed by atoms with Gasteiger partial charge in [0, 0.05) is 13.6 Å². The topological polar surface area (TPSA) is 82.5 Å². The van der Waals surface area contributed by atoms with Gasteiger partial charge in [-0.15, -0.1) is 11.3 Å². The maximum absolute atomic E-state index is 11.9. The fraction of sp³-hybridized carbons (Fsp3) is 0.364. The van der Waals surface area contributed by atoms with Crippen LogP contribution in [0.1, 0.15) is 6.92 Å². The largest absolute Gasteiger partial charge is 0.481 e. The van der Waals surface area contributed by atoms with Gasteiger partial charge in [0.15, 0.2) is 5.13 Å². The molecule has 2 amide bonds. The molecule has 2 aromatic rings. The van der Waals surface area contributed by atoms with Crippen molar-refractivity contribution in [3.8, 4) is 0 Å². The lowest BCUT2D eigenvalue weighted by molar-refractivity contribution is -0.141. The second kappa shape index (κ2) is 5.54. The van der Waals surface area contributed by atoms with Crippen molar-refractivity contribution < 1.29 is 14.7 Å². The number of anilines is 1. The summed E-state index contributed by atoms with van der Waals surface area (Å²) in [5, 5.41) is 13.9. The van der Waals surface area contributed by atoms with Crippen LogP contribution >= 0.6 is 22.7 Å². The molecule has 0 aliphatic rings. The Hall–Kier alpha value is -1.67. The van der Waals surface area contributed by atoms with Crippen molar-refractivity contribution in [2.45, 2.75) is 6.92 Å². The van der Waals surface area contributed by atoms with Crippen molar-refractivity contribution in [3.63, 3.8) is 0 Å². The molecule has 0 aromatic carbocycles. The van der Waals surface area contributed by atoms with E-state index in [1.54, 1.807) is 25.3 Å². The summed E-state index contributed by atoms with van der Waals surface area (Å²) in [5.41, 5.74) is 0.867. The minimum atomic E-state index is -0.922. The zero-order valence-electron chi connectivity index (χ0n) is 10.4. The van der Waals surface area contributed by atoms with Gasteiger partial charge < -0.3 is 10.0 Å². The summed E-state index contributed by atoms with van der Waals surface area (Å²) in [6, 6.07) is 1.54. The van der Waals surface area contributed by atoms with Gasteiger partial charge in [-0.05, 0) is 11.4 Å². The van der Waals surface area contributed by atoms with Crippen LogP contribution in [-0.2, 0) is 4.79 Å². The van der Waals surface area contributed by atoms with E-state index in [4.69, 9.17) is 5.11 Å². The standard InChI is InChI=1S/C11H13N3O3S2/c1-6(8(15)16)5-14(2)11(17)13-10-12-7-3-4-18-9(7)19-10/h3-4,6H,5H2,1-2H3,(H,15,16)(H,12,13,17). The van der Waals surface area contributed by atoms with E-state index < -0.39 is 11.9 Å². The van der Waals surface area contributed by atoms with Crippen LogP contribution < -0.4 is 5.32 Å². The molecule has 0 bridgehead atoms. The molecular formula is C11H13N3O3S2. The molecule has 102 valence electrons. The van der Waals surface area contributed by atoms with Gasteiger partial charge in [-0.2, -0.15) is 0 Å². The summed E-state index contributed by atoms with van der Waals surface area (Å²) >= 11 is 2.98. The number of thiophene rings is 1. The number of aromatic nitrogens is 1. The quantitative estimate of drug-likeness (QED) is 0.909. The Bertz CT molecular complexity index is 579. The number of nitrogens with zero attached hydrogens (tertiary/aromatic N) is 2. The Morgan fingerprint density at radius 2 is 2.32 bits per heavy atom. The summed E-state index contributed by atoms with van der Waals surface area (Å²) in [6.45, 7) is 1.71. The monoisotopic (exact) mass is 299 g/mol. The normalized spacial score (nSPS) is 12.3. The van der Waals surface area contributed by atoms with Gasteiger partial charge in [0.1, 0.15) is 4.01 Å². The van der Waals surface area contributed by atoms with Crippen LogP contribution in [0.5, 0.6) is 0 Å². The molecule has 8 heteroatoms.